The summed E-state index contributed by atoms with van der Waals surface area (Å²) in [5.41, 5.74) is 0.707. The molecule has 1 aromatic carbocycles. The SMILES string of the molecule is O=C1[C@@H]2[C@H](C(=O)N1c1nn(Cc3cccc(F)c3)cc1Cl)[C@H]1CC[C@@H]2O1. The fraction of sp³-hybridized carbons (Fsp3) is 0.389. The van der Waals surface area contributed by atoms with Gasteiger partial charge in [0.1, 0.15) is 10.8 Å². The van der Waals surface area contributed by atoms with Crippen LogP contribution >= 0.6 is 11.6 Å². The number of carbonyl (C=O) groups excluding carboxylic acids is 2. The number of fused-ring (bicyclic) bond motifs is 5. The Bertz CT molecular complexity index is 902. The molecule has 6 nitrogen and oxygen atoms in total. The molecule has 8 heteroatoms. The third kappa shape index (κ3) is 2.23. The maximum Gasteiger partial charge on any atom is 0.241 e. The predicted molar refractivity (Wildman–Crippen MR) is 90.1 cm³/mol. The molecule has 3 aliphatic rings. The molecule has 26 heavy (non-hydrogen) atoms. The van der Waals surface area contributed by atoms with E-state index in [1.54, 1.807) is 18.3 Å². The quantitative estimate of drug-likeness (QED) is 0.773. The molecule has 2 aromatic rings. The van der Waals surface area contributed by atoms with Crippen LogP contribution in [0.25, 0.3) is 0 Å². The van der Waals surface area contributed by atoms with Crippen molar-refractivity contribution in [2.45, 2.75) is 31.6 Å². The molecule has 0 unspecified atom stereocenters. The van der Waals surface area contributed by atoms with Gasteiger partial charge in [-0.1, -0.05) is 23.7 Å². The molecule has 0 saturated carbocycles. The highest BCUT2D eigenvalue weighted by atomic mass is 35.5. The standard InChI is InChI=1S/C18H15ClFN3O3/c19-11-8-22(7-9-2-1-3-10(20)6-9)21-16(11)23-17(24)14-12-4-5-13(26-12)15(14)18(23)25/h1-3,6,8,12-15H,4-5,7H2/t12-,13+,14-,15+. The van der Waals surface area contributed by atoms with Gasteiger partial charge in [0.2, 0.25) is 11.8 Å². The molecule has 3 fully saturated rings. The Morgan fingerprint density at radius 1 is 1.19 bits per heavy atom. The maximum atomic E-state index is 13.3. The van der Waals surface area contributed by atoms with Crippen LogP contribution in [-0.4, -0.2) is 33.8 Å². The minimum Gasteiger partial charge on any atom is -0.373 e. The van der Waals surface area contributed by atoms with Crippen molar-refractivity contribution in [2.75, 3.05) is 4.90 Å². The van der Waals surface area contributed by atoms with Crippen LogP contribution in [0.3, 0.4) is 0 Å². The Hall–Kier alpha value is -2.25. The largest absolute Gasteiger partial charge is 0.373 e. The molecule has 0 radical (unpaired) electrons. The van der Waals surface area contributed by atoms with E-state index in [9.17, 15) is 14.0 Å². The van der Waals surface area contributed by atoms with E-state index in [2.05, 4.69) is 5.10 Å². The number of hydrogen-bond acceptors (Lipinski definition) is 4. The Morgan fingerprint density at radius 2 is 1.88 bits per heavy atom. The zero-order valence-electron chi connectivity index (χ0n) is 13.6. The summed E-state index contributed by atoms with van der Waals surface area (Å²) in [6, 6.07) is 6.15. The zero-order chi connectivity index (χ0) is 18.0. The van der Waals surface area contributed by atoms with Crippen LogP contribution in [-0.2, 0) is 20.9 Å². The number of carbonyl (C=O) groups is 2. The summed E-state index contributed by atoms with van der Waals surface area (Å²) in [5.74, 6) is -1.62. The lowest BCUT2D eigenvalue weighted by molar-refractivity contribution is -0.124. The fourth-order valence-corrected chi connectivity index (χ4v) is 4.60. The summed E-state index contributed by atoms with van der Waals surface area (Å²) in [6.07, 6.45) is 2.79. The summed E-state index contributed by atoms with van der Waals surface area (Å²) >= 11 is 6.26. The molecule has 1 aromatic heterocycles. The van der Waals surface area contributed by atoms with Gasteiger partial charge in [-0.15, -0.1) is 0 Å². The van der Waals surface area contributed by atoms with E-state index in [0.717, 1.165) is 17.7 Å². The second kappa shape index (κ2) is 5.62. The molecule has 4 atom stereocenters. The van der Waals surface area contributed by atoms with Gasteiger partial charge in [0, 0.05) is 6.20 Å². The number of nitrogens with zero attached hydrogens (tertiary/aromatic N) is 3. The second-order valence-corrected chi connectivity index (χ2v) is 7.39. The number of rotatable bonds is 3. The smallest absolute Gasteiger partial charge is 0.241 e. The minimum atomic E-state index is -0.425. The lowest BCUT2D eigenvalue weighted by Crippen LogP contribution is -2.34. The fourth-order valence-electron chi connectivity index (χ4n) is 4.36. The monoisotopic (exact) mass is 375 g/mol. The van der Waals surface area contributed by atoms with Crippen molar-refractivity contribution in [1.82, 2.24) is 9.78 Å². The third-order valence-electron chi connectivity index (χ3n) is 5.43. The number of hydrogen-bond donors (Lipinski definition) is 0. The van der Waals surface area contributed by atoms with Gasteiger partial charge in [0.15, 0.2) is 5.82 Å². The van der Waals surface area contributed by atoms with Crippen LogP contribution in [0, 0.1) is 17.7 Å². The van der Waals surface area contributed by atoms with Gasteiger partial charge in [-0.2, -0.15) is 5.10 Å². The number of imide groups is 1. The van der Waals surface area contributed by atoms with Crippen LogP contribution in [0.5, 0.6) is 0 Å². The zero-order valence-corrected chi connectivity index (χ0v) is 14.4. The molecule has 3 aliphatic heterocycles. The molecule has 0 spiro atoms. The molecule has 0 N–H and O–H groups in total. The van der Waals surface area contributed by atoms with Gasteiger partial charge in [-0.25, -0.2) is 9.29 Å². The Labute approximate surface area is 153 Å². The molecule has 4 heterocycles. The predicted octanol–water partition coefficient (Wildman–Crippen LogP) is 2.39. The van der Waals surface area contributed by atoms with Gasteiger partial charge in [-0.05, 0) is 30.5 Å². The highest BCUT2D eigenvalue weighted by Crippen LogP contribution is 2.49. The van der Waals surface area contributed by atoms with Crippen molar-refractivity contribution in [2.24, 2.45) is 11.8 Å². The van der Waals surface area contributed by atoms with Crippen LogP contribution in [0.15, 0.2) is 30.5 Å². The molecular formula is C18H15ClFN3O3. The Kier molecular flexibility index (Phi) is 3.45. The number of aromatic nitrogens is 2. The van der Waals surface area contributed by atoms with Crippen LogP contribution in [0.1, 0.15) is 18.4 Å². The normalized spacial score (nSPS) is 29.7. The van der Waals surface area contributed by atoms with Crippen molar-refractivity contribution in [3.8, 4) is 0 Å². The summed E-state index contributed by atoms with van der Waals surface area (Å²) in [7, 11) is 0. The first kappa shape index (κ1) is 16.0. The number of benzene rings is 1. The van der Waals surface area contributed by atoms with Gasteiger partial charge in [-0.3, -0.25) is 14.3 Å². The molecule has 3 saturated heterocycles. The molecule has 2 amide bonds. The lowest BCUT2D eigenvalue weighted by atomic mass is 9.81. The van der Waals surface area contributed by atoms with Crippen molar-refractivity contribution in [3.05, 3.63) is 46.9 Å². The topological polar surface area (TPSA) is 64.4 Å². The summed E-state index contributed by atoms with van der Waals surface area (Å²) < 4.78 is 20.6. The summed E-state index contributed by atoms with van der Waals surface area (Å²) in [4.78, 5) is 26.7. The van der Waals surface area contributed by atoms with Gasteiger partial charge >= 0.3 is 0 Å². The van der Waals surface area contributed by atoms with E-state index in [1.165, 1.54) is 16.8 Å². The molecule has 2 bridgehead atoms. The van der Waals surface area contributed by atoms with Gasteiger partial charge in [0.05, 0.1) is 30.6 Å². The molecule has 5 rings (SSSR count). The summed E-state index contributed by atoms with van der Waals surface area (Å²) in [6.45, 7) is 0.287. The summed E-state index contributed by atoms with van der Waals surface area (Å²) in [5, 5.41) is 4.54. The first-order chi connectivity index (χ1) is 12.5. The highest BCUT2D eigenvalue weighted by Gasteiger charge is 2.63. The van der Waals surface area contributed by atoms with Crippen molar-refractivity contribution in [1.29, 1.82) is 0 Å². The average Bonchev–Trinajstić information content (AvgIpc) is 3.33. The van der Waals surface area contributed by atoms with Crippen LogP contribution in [0.2, 0.25) is 5.02 Å². The third-order valence-corrected chi connectivity index (χ3v) is 5.70. The second-order valence-electron chi connectivity index (χ2n) is 6.98. The van der Waals surface area contributed by atoms with Gasteiger partial charge < -0.3 is 4.74 Å². The van der Waals surface area contributed by atoms with Crippen molar-refractivity contribution in [3.63, 3.8) is 0 Å². The van der Waals surface area contributed by atoms with E-state index in [1.807, 2.05) is 0 Å². The number of ether oxygens (including phenoxy) is 1. The van der Waals surface area contributed by atoms with E-state index < -0.39 is 11.8 Å². The van der Waals surface area contributed by atoms with E-state index in [0.29, 0.717) is 5.56 Å². The van der Waals surface area contributed by atoms with E-state index >= 15 is 0 Å². The first-order valence-electron chi connectivity index (χ1n) is 8.53. The Balaban J connectivity index is 1.45. The maximum absolute atomic E-state index is 13.3. The molecule has 134 valence electrons. The van der Waals surface area contributed by atoms with E-state index in [-0.39, 0.29) is 47.2 Å². The molecular weight excluding hydrogens is 361 g/mol. The van der Waals surface area contributed by atoms with Crippen LogP contribution in [0.4, 0.5) is 10.2 Å². The number of halogens is 2. The highest BCUT2D eigenvalue weighted by molar-refractivity contribution is 6.35. The van der Waals surface area contributed by atoms with Gasteiger partial charge in [0.25, 0.3) is 0 Å². The number of amides is 2. The average molecular weight is 376 g/mol. The van der Waals surface area contributed by atoms with E-state index in [4.69, 9.17) is 16.3 Å². The number of anilines is 1. The minimum absolute atomic E-state index is 0.145. The Morgan fingerprint density at radius 3 is 2.54 bits per heavy atom. The van der Waals surface area contributed by atoms with Crippen LogP contribution < -0.4 is 4.90 Å². The lowest BCUT2D eigenvalue weighted by Gasteiger charge is -2.15. The first-order valence-corrected chi connectivity index (χ1v) is 8.91. The van der Waals surface area contributed by atoms with Crippen molar-refractivity contribution >= 4 is 29.2 Å². The van der Waals surface area contributed by atoms with Crippen molar-refractivity contribution < 1.29 is 18.7 Å². The molecule has 0 aliphatic carbocycles.